The molecule has 2 aliphatic rings. The Bertz CT molecular complexity index is 1670. The van der Waals surface area contributed by atoms with Gasteiger partial charge in [-0.2, -0.15) is 0 Å². The lowest BCUT2D eigenvalue weighted by molar-refractivity contribution is -0.118. The second kappa shape index (κ2) is 9.55. The van der Waals surface area contributed by atoms with Crippen LogP contribution in [0.15, 0.2) is 120 Å². The van der Waals surface area contributed by atoms with Crippen LogP contribution in [0.1, 0.15) is 56.6 Å². The molecule has 2 atom stereocenters. The van der Waals surface area contributed by atoms with Gasteiger partial charge in [0.25, 0.3) is 0 Å². The zero-order chi connectivity index (χ0) is 26.3. The fourth-order valence-corrected chi connectivity index (χ4v) is 6.20. The molecule has 39 heavy (non-hydrogen) atoms. The highest BCUT2D eigenvalue weighted by molar-refractivity contribution is 6.11. The molecule has 2 heterocycles. The molecule has 190 valence electrons. The third-order valence-corrected chi connectivity index (χ3v) is 7.99. The number of para-hydroxylation sites is 1. The number of nitrogens with zero attached hydrogens (tertiary/aromatic N) is 1. The van der Waals surface area contributed by atoms with Crippen LogP contribution < -0.4 is 4.90 Å². The van der Waals surface area contributed by atoms with Crippen LogP contribution in [0.25, 0.3) is 11.3 Å². The summed E-state index contributed by atoms with van der Waals surface area (Å²) in [5.41, 5.74) is 6.16. The summed E-state index contributed by atoms with van der Waals surface area (Å²) in [5.74, 6) is 0.759. The van der Waals surface area contributed by atoms with Gasteiger partial charge >= 0.3 is 0 Å². The number of amides is 1. The summed E-state index contributed by atoms with van der Waals surface area (Å²) >= 11 is 0. The van der Waals surface area contributed by atoms with Crippen LogP contribution in [0.3, 0.4) is 0 Å². The van der Waals surface area contributed by atoms with Crippen LogP contribution in [-0.2, 0) is 17.8 Å². The molecule has 7 rings (SSSR count). The number of benzene rings is 4. The Kier molecular flexibility index (Phi) is 5.74. The second-order valence-electron chi connectivity index (χ2n) is 10.3. The molecule has 0 bridgehead atoms. The van der Waals surface area contributed by atoms with E-state index in [-0.39, 0.29) is 17.6 Å². The number of Topliss-reactive ketones (excluding diaryl/α,β-unsaturated/α-hetero) is 1. The van der Waals surface area contributed by atoms with Gasteiger partial charge in [-0.1, -0.05) is 109 Å². The fourth-order valence-electron chi connectivity index (χ4n) is 6.20. The zero-order valence-electron chi connectivity index (χ0n) is 21.4. The van der Waals surface area contributed by atoms with Crippen molar-refractivity contribution in [3.8, 4) is 11.3 Å². The number of rotatable bonds is 5. The smallest absolute Gasteiger partial charge is 0.239 e. The monoisotopic (exact) mass is 509 g/mol. The standard InChI is InChI=1S/C35H27NO3/c37-29-20-26(24-14-6-2-7-15-24)21-30-32(29)33(34(39-30)25-16-8-3-9-17-25)31-27-18-10-11-19-28(27)36(35(31)38)22-23-12-4-1-5-13-23/h1-19,26,31H,20-22H2. The van der Waals surface area contributed by atoms with Gasteiger partial charge in [-0.3, -0.25) is 9.59 Å². The van der Waals surface area contributed by atoms with E-state index in [2.05, 4.69) is 12.1 Å². The number of carbonyl (C=O) groups is 2. The van der Waals surface area contributed by atoms with Crippen molar-refractivity contribution in [2.45, 2.75) is 31.2 Å². The molecule has 1 aliphatic carbocycles. The Balaban J connectivity index is 1.38. The van der Waals surface area contributed by atoms with Gasteiger partial charge in [0.1, 0.15) is 11.5 Å². The van der Waals surface area contributed by atoms with Gasteiger partial charge in [0, 0.05) is 29.7 Å². The minimum atomic E-state index is -0.607. The highest BCUT2D eigenvalue weighted by atomic mass is 16.3. The van der Waals surface area contributed by atoms with Crippen LogP contribution in [-0.4, -0.2) is 11.7 Å². The molecule has 4 aromatic carbocycles. The van der Waals surface area contributed by atoms with Gasteiger partial charge < -0.3 is 9.32 Å². The van der Waals surface area contributed by atoms with Crippen LogP contribution in [0, 0.1) is 0 Å². The molecule has 0 saturated heterocycles. The lowest BCUT2D eigenvalue weighted by atomic mass is 9.78. The van der Waals surface area contributed by atoms with Crippen molar-refractivity contribution in [1.29, 1.82) is 0 Å². The number of furan rings is 1. The van der Waals surface area contributed by atoms with E-state index in [9.17, 15) is 9.59 Å². The molecule has 2 unspecified atom stereocenters. The lowest BCUT2D eigenvalue weighted by Crippen LogP contribution is -2.29. The Morgan fingerprint density at radius 3 is 2.10 bits per heavy atom. The van der Waals surface area contributed by atoms with Crippen molar-refractivity contribution >= 4 is 17.4 Å². The maximum absolute atomic E-state index is 14.3. The minimum Gasteiger partial charge on any atom is -0.460 e. The van der Waals surface area contributed by atoms with E-state index in [0.717, 1.165) is 27.9 Å². The van der Waals surface area contributed by atoms with E-state index in [1.54, 1.807) is 0 Å². The molecule has 0 radical (unpaired) electrons. The van der Waals surface area contributed by atoms with Crippen LogP contribution in [0.2, 0.25) is 0 Å². The summed E-state index contributed by atoms with van der Waals surface area (Å²) in [7, 11) is 0. The summed E-state index contributed by atoms with van der Waals surface area (Å²) in [6.45, 7) is 0.470. The number of hydrogen-bond donors (Lipinski definition) is 0. The van der Waals surface area contributed by atoms with Gasteiger partial charge in [0.2, 0.25) is 5.91 Å². The molecule has 1 amide bonds. The van der Waals surface area contributed by atoms with Crippen molar-refractivity contribution in [2.75, 3.05) is 4.90 Å². The quantitative estimate of drug-likeness (QED) is 0.246. The topological polar surface area (TPSA) is 50.5 Å². The summed E-state index contributed by atoms with van der Waals surface area (Å²) in [6.07, 6.45) is 1.02. The van der Waals surface area contributed by atoms with Crippen molar-refractivity contribution in [3.05, 3.63) is 149 Å². The summed E-state index contributed by atoms with van der Waals surface area (Å²) in [5, 5.41) is 0. The van der Waals surface area contributed by atoms with E-state index in [4.69, 9.17) is 4.42 Å². The predicted octanol–water partition coefficient (Wildman–Crippen LogP) is 7.54. The Morgan fingerprint density at radius 1 is 0.718 bits per heavy atom. The highest BCUT2D eigenvalue weighted by Crippen LogP contribution is 2.50. The van der Waals surface area contributed by atoms with Gasteiger partial charge in [-0.25, -0.2) is 0 Å². The zero-order valence-corrected chi connectivity index (χ0v) is 21.4. The van der Waals surface area contributed by atoms with Gasteiger partial charge in [-0.15, -0.1) is 0 Å². The maximum atomic E-state index is 14.3. The molecule has 1 aliphatic heterocycles. The van der Waals surface area contributed by atoms with E-state index in [1.165, 1.54) is 0 Å². The highest BCUT2D eigenvalue weighted by Gasteiger charge is 2.45. The van der Waals surface area contributed by atoms with E-state index in [1.807, 2.05) is 108 Å². The summed E-state index contributed by atoms with van der Waals surface area (Å²) in [4.78, 5) is 30.0. The molecular formula is C35H27NO3. The SMILES string of the molecule is O=C1CC(c2ccccc2)Cc2oc(-c3ccccc3)c(C3C(=O)N(Cc4ccccc4)c4ccccc43)c21. The summed E-state index contributed by atoms with van der Waals surface area (Å²) in [6, 6.07) is 38.0. The van der Waals surface area contributed by atoms with Crippen molar-refractivity contribution in [3.63, 3.8) is 0 Å². The predicted molar refractivity (Wildman–Crippen MR) is 152 cm³/mol. The minimum absolute atomic E-state index is 0.0289. The van der Waals surface area contributed by atoms with Crippen LogP contribution >= 0.6 is 0 Å². The fraction of sp³-hybridized carbons (Fsp3) is 0.143. The normalized spacial score (nSPS) is 18.2. The van der Waals surface area contributed by atoms with Crippen molar-refractivity contribution < 1.29 is 14.0 Å². The molecule has 0 N–H and O–H groups in total. The van der Waals surface area contributed by atoms with E-state index < -0.39 is 5.92 Å². The van der Waals surface area contributed by atoms with Crippen LogP contribution in [0.4, 0.5) is 5.69 Å². The van der Waals surface area contributed by atoms with Crippen molar-refractivity contribution in [1.82, 2.24) is 0 Å². The number of fused-ring (bicyclic) bond motifs is 2. The number of anilines is 1. The van der Waals surface area contributed by atoms with E-state index in [0.29, 0.717) is 42.0 Å². The van der Waals surface area contributed by atoms with E-state index >= 15 is 0 Å². The van der Waals surface area contributed by atoms with Gasteiger partial charge in [-0.05, 0) is 28.7 Å². The largest absolute Gasteiger partial charge is 0.460 e. The molecule has 0 spiro atoms. The first kappa shape index (κ1) is 23.4. The molecule has 0 fully saturated rings. The summed E-state index contributed by atoms with van der Waals surface area (Å²) < 4.78 is 6.58. The first-order valence-electron chi connectivity index (χ1n) is 13.4. The first-order valence-corrected chi connectivity index (χ1v) is 13.4. The number of ketones is 1. The maximum Gasteiger partial charge on any atom is 0.239 e. The Hall–Kier alpha value is -4.70. The molecule has 0 saturated carbocycles. The molecule has 4 nitrogen and oxygen atoms in total. The Labute approximate surface area is 227 Å². The van der Waals surface area contributed by atoms with Crippen molar-refractivity contribution in [2.24, 2.45) is 0 Å². The first-order chi connectivity index (χ1) is 19.2. The molecule has 1 aromatic heterocycles. The van der Waals surface area contributed by atoms with Crippen LogP contribution in [0.5, 0.6) is 0 Å². The average Bonchev–Trinajstić information content (AvgIpc) is 3.49. The third kappa shape index (κ3) is 4.00. The molecule has 5 aromatic rings. The van der Waals surface area contributed by atoms with Gasteiger partial charge in [0.15, 0.2) is 5.78 Å². The van der Waals surface area contributed by atoms with Gasteiger partial charge in [0.05, 0.1) is 18.0 Å². The third-order valence-electron chi connectivity index (χ3n) is 7.99. The number of hydrogen-bond acceptors (Lipinski definition) is 3. The average molecular weight is 510 g/mol. The molecule has 4 heteroatoms. The Morgan fingerprint density at radius 2 is 1.36 bits per heavy atom. The second-order valence-corrected chi connectivity index (χ2v) is 10.3. The number of carbonyl (C=O) groups excluding carboxylic acids is 2. The lowest BCUT2D eigenvalue weighted by Gasteiger charge is -2.22. The molecular weight excluding hydrogens is 482 g/mol.